The molecule has 1 N–H and O–H groups in total. The molecule has 2 atom stereocenters. The van der Waals surface area contributed by atoms with E-state index in [9.17, 15) is 18.0 Å². The van der Waals surface area contributed by atoms with Crippen molar-refractivity contribution in [2.24, 2.45) is 0 Å². The molecule has 0 aliphatic carbocycles. The highest BCUT2D eigenvalue weighted by molar-refractivity contribution is 7.91. The third-order valence-electron chi connectivity index (χ3n) is 4.19. The van der Waals surface area contributed by atoms with Crippen LogP contribution in [0.5, 0.6) is 0 Å². The predicted octanol–water partition coefficient (Wildman–Crippen LogP) is 2.11. The summed E-state index contributed by atoms with van der Waals surface area (Å²) in [6.07, 6.45) is 2.22. The zero-order valence-corrected chi connectivity index (χ0v) is 16.5. The van der Waals surface area contributed by atoms with Crippen LogP contribution in [-0.4, -0.2) is 43.9 Å². The van der Waals surface area contributed by atoms with Gasteiger partial charge in [0, 0.05) is 10.9 Å². The van der Waals surface area contributed by atoms with Crippen molar-refractivity contribution in [3.8, 4) is 0 Å². The second-order valence-electron chi connectivity index (χ2n) is 6.32. The molecule has 25 heavy (non-hydrogen) atoms. The van der Waals surface area contributed by atoms with Gasteiger partial charge in [-0.15, -0.1) is 11.3 Å². The van der Waals surface area contributed by atoms with Crippen LogP contribution < -0.4 is 5.32 Å². The van der Waals surface area contributed by atoms with Crippen molar-refractivity contribution in [2.75, 3.05) is 11.5 Å². The van der Waals surface area contributed by atoms with Crippen molar-refractivity contribution in [2.45, 2.75) is 58.6 Å². The van der Waals surface area contributed by atoms with Crippen LogP contribution in [0.2, 0.25) is 0 Å². The summed E-state index contributed by atoms with van der Waals surface area (Å²) in [6.45, 7) is 5.63. The molecule has 0 unspecified atom stereocenters. The SMILES string of the molecule is CCCc1sc(C(=O)O[C@H](C)C(=O)N[C@@H]2CCS(=O)(=O)C2)cc1CC. The van der Waals surface area contributed by atoms with Crippen molar-refractivity contribution < 1.29 is 22.7 Å². The Balaban J connectivity index is 1.94. The number of nitrogens with one attached hydrogen (secondary N) is 1. The van der Waals surface area contributed by atoms with E-state index in [4.69, 9.17) is 4.74 Å². The Labute approximate surface area is 152 Å². The van der Waals surface area contributed by atoms with Crippen molar-refractivity contribution in [1.82, 2.24) is 5.32 Å². The molecule has 1 aliphatic rings. The number of hydrogen-bond donors (Lipinski definition) is 1. The molecule has 0 bridgehead atoms. The average Bonchev–Trinajstić information content (AvgIpc) is 3.10. The smallest absolute Gasteiger partial charge is 0.349 e. The van der Waals surface area contributed by atoms with Gasteiger partial charge in [0.15, 0.2) is 15.9 Å². The molecular weight excluding hydrogens is 362 g/mol. The van der Waals surface area contributed by atoms with Gasteiger partial charge in [-0.25, -0.2) is 13.2 Å². The topological polar surface area (TPSA) is 89.5 Å². The molecule has 1 fully saturated rings. The molecule has 1 amide bonds. The lowest BCUT2D eigenvalue weighted by molar-refractivity contribution is -0.129. The standard InChI is InChI=1S/C17H25NO5S2/c1-4-6-14-12(5-2)9-15(24-14)17(20)23-11(3)16(19)18-13-7-8-25(21,22)10-13/h9,11,13H,4-8,10H2,1-3H3,(H,18,19)/t11-,13-/m1/s1. The number of ether oxygens (including phenoxy) is 1. The number of aryl methyl sites for hydroxylation is 2. The third-order valence-corrected chi connectivity index (χ3v) is 7.17. The van der Waals surface area contributed by atoms with Gasteiger partial charge in [0.25, 0.3) is 5.91 Å². The van der Waals surface area contributed by atoms with E-state index in [-0.39, 0.29) is 11.5 Å². The van der Waals surface area contributed by atoms with Crippen molar-refractivity contribution in [1.29, 1.82) is 0 Å². The van der Waals surface area contributed by atoms with Gasteiger partial charge >= 0.3 is 5.97 Å². The molecule has 2 rings (SSSR count). The number of thiophene rings is 1. The fourth-order valence-corrected chi connectivity index (χ4v) is 5.72. The Hall–Kier alpha value is -1.41. The van der Waals surface area contributed by atoms with E-state index in [1.807, 2.05) is 13.0 Å². The van der Waals surface area contributed by atoms with E-state index < -0.39 is 33.9 Å². The van der Waals surface area contributed by atoms with Crippen molar-refractivity contribution in [3.05, 3.63) is 21.4 Å². The summed E-state index contributed by atoms with van der Waals surface area (Å²) in [5.74, 6) is -0.938. The molecule has 6 nitrogen and oxygen atoms in total. The molecule has 2 heterocycles. The highest BCUT2D eigenvalue weighted by Gasteiger charge is 2.31. The number of sulfone groups is 1. The highest BCUT2D eigenvalue weighted by Crippen LogP contribution is 2.25. The van der Waals surface area contributed by atoms with Gasteiger partial charge in [-0.3, -0.25) is 4.79 Å². The first-order valence-corrected chi connectivity index (χ1v) is 11.2. The summed E-state index contributed by atoms with van der Waals surface area (Å²) in [5, 5.41) is 2.65. The zero-order valence-electron chi connectivity index (χ0n) is 14.8. The lowest BCUT2D eigenvalue weighted by Gasteiger charge is -2.16. The first-order chi connectivity index (χ1) is 11.8. The lowest BCUT2D eigenvalue weighted by atomic mass is 10.1. The van der Waals surface area contributed by atoms with Crippen LogP contribution >= 0.6 is 11.3 Å². The van der Waals surface area contributed by atoms with E-state index in [1.165, 1.54) is 23.1 Å². The Kier molecular flexibility index (Phi) is 6.62. The predicted molar refractivity (Wildman–Crippen MR) is 97.8 cm³/mol. The minimum Gasteiger partial charge on any atom is -0.448 e. The number of carbonyl (C=O) groups excluding carboxylic acids is 2. The number of amides is 1. The number of hydrogen-bond acceptors (Lipinski definition) is 6. The molecule has 8 heteroatoms. The Morgan fingerprint density at radius 1 is 1.40 bits per heavy atom. The maximum atomic E-state index is 12.3. The van der Waals surface area contributed by atoms with Gasteiger partial charge in [0.1, 0.15) is 4.88 Å². The van der Waals surface area contributed by atoms with Gasteiger partial charge in [0.05, 0.1) is 11.5 Å². The molecule has 1 aromatic rings. The zero-order chi connectivity index (χ0) is 18.6. The van der Waals surface area contributed by atoms with Gasteiger partial charge in [-0.2, -0.15) is 0 Å². The Morgan fingerprint density at radius 3 is 2.68 bits per heavy atom. The average molecular weight is 388 g/mol. The second kappa shape index (κ2) is 8.31. The first kappa shape index (κ1) is 19.9. The van der Waals surface area contributed by atoms with Crippen LogP contribution in [0, 0.1) is 0 Å². The minimum atomic E-state index is -3.06. The second-order valence-corrected chi connectivity index (χ2v) is 9.68. The first-order valence-electron chi connectivity index (χ1n) is 8.59. The molecule has 0 spiro atoms. The molecule has 1 saturated heterocycles. The quantitative estimate of drug-likeness (QED) is 0.724. The largest absolute Gasteiger partial charge is 0.448 e. The van der Waals surface area contributed by atoms with Gasteiger partial charge in [-0.1, -0.05) is 20.3 Å². The molecule has 140 valence electrons. The van der Waals surface area contributed by atoms with E-state index in [1.54, 1.807) is 0 Å². The number of esters is 1. The summed E-state index contributed by atoms with van der Waals surface area (Å²) in [7, 11) is -3.06. The van der Waals surface area contributed by atoms with Crippen LogP contribution in [0.1, 0.15) is 53.7 Å². The monoisotopic (exact) mass is 387 g/mol. The normalized spacial score (nSPS) is 20.2. The van der Waals surface area contributed by atoms with Gasteiger partial charge < -0.3 is 10.1 Å². The summed E-state index contributed by atoms with van der Waals surface area (Å²) in [5.41, 5.74) is 1.15. The van der Waals surface area contributed by atoms with Crippen LogP contribution in [0.4, 0.5) is 0 Å². The molecule has 1 aromatic heterocycles. The fraction of sp³-hybridized carbons (Fsp3) is 0.647. The summed E-state index contributed by atoms with van der Waals surface area (Å²) in [6, 6.07) is 1.44. The van der Waals surface area contributed by atoms with Crippen molar-refractivity contribution >= 4 is 33.1 Å². The maximum absolute atomic E-state index is 12.3. The molecule has 0 aromatic carbocycles. The lowest BCUT2D eigenvalue weighted by Crippen LogP contribution is -2.42. The summed E-state index contributed by atoms with van der Waals surface area (Å²) < 4.78 is 28.1. The van der Waals surface area contributed by atoms with Crippen LogP contribution in [0.25, 0.3) is 0 Å². The summed E-state index contributed by atoms with van der Waals surface area (Å²) >= 11 is 1.42. The van der Waals surface area contributed by atoms with E-state index in [0.717, 1.165) is 24.8 Å². The van der Waals surface area contributed by atoms with Crippen LogP contribution in [0.3, 0.4) is 0 Å². The number of rotatable bonds is 7. The van der Waals surface area contributed by atoms with Gasteiger partial charge in [0.2, 0.25) is 0 Å². The number of carbonyl (C=O) groups is 2. The van der Waals surface area contributed by atoms with Crippen LogP contribution in [-0.2, 0) is 32.2 Å². The van der Waals surface area contributed by atoms with E-state index >= 15 is 0 Å². The van der Waals surface area contributed by atoms with Gasteiger partial charge in [-0.05, 0) is 37.8 Å². The summed E-state index contributed by atoms with van der Waals surface area (Å²) in [4.78, 5) is 26.1. The Morgan fingerprint density at radius 2 is 2.12 bits per heavy atom. The fourth-order valence-electron chi connectivity index (χ4n) is 2.80. The molecule has 0 saturated carbocycles. The third kappa shape index (κ3) is 5.28. The maximum Gasteiger partial charge on any atom is 0.349 e. The van der Waals surface area contributed by atoms with Crippen molar-refractivity contribution in [3.63, 3.8) is 0 Å². The minimum absolute atomic E-state index is 0.0510. The molecule has 1 aliphatic heterocycles. The molecular formula is C17H25NO5S2. The van der Waals surface area contributed by atoms with E-state index in [0.29, 0.717) is 11.3 Å². The van der Waals surface area contributed by atoms with Crippen LogP contribution in [0.15, 0.2) is 6.07 Å². The van der Waals surface area contributed by atoms with E-state index in [2.05, 4.69) is 12.2 Å². The Bertz CT molecular complexity index is 738. The highest BCUT2D eigenvalue weighted by atomic mass is 32.2. The molecule has 0 radical (unpaired) electrons.